The van der Waals surface area contributed by atoms with Crippen LogP contribution in [0.1, 0.15) is 71.6 Å². The van der Waals surface area contributed by atoms with Crippen LogP contribution in [0.3, 0.4) is 0 Å². The highest BCUT2D eigenvalue weighted by atomic mass is 16.2. The fourth-order valence-electron chi connectivity index (χ4n) is 7.22. The SMILES string of the molecule is CCN(CC)C(=O)N1CCC(C(=O)NCCC23CC4CC(CC(C4)C2)C3)CC1. The van der Waals surface area contributed by atoms with Gasteiger partial charge in [-0.2, -0.15) is 0 Å². The van der Waals surface area contributed by atoms with Gasteiger partial charge < -0.3 is 15.1 Å². The van der Waals surface area contributed by atoms with E-state index in [1.54, 1.807) is 0 Å². The van der Waals surface area contributed by atoms with Crippen molar-refractivity contribution >= 4 is 11.9 Å². The van der Waals surface area contributed by atoms with Crippen LogP contribution in [0.4, 0.5) is 4.79 Å². The van der Waals surface area contributed by atoms with E-state index in [2.05, 4.69) is 5.32 Å². The van der Waals surface area contributed by atoms with Crippen molar-refractivity contribution in [3.05, 3.63) is 0 Å². The first-order valence-electron chi connectivity index (χ1n) is 11.8. The Morgan fingerprint density at radius 3 is 2.00 bits per heavy atom. The number of hydrogen-bond donors (Lipinski definition) is 1. The molecule has 4 aliphatic carbocycles. The van der Waals surface area contributed by atoms with Crippen molar-refractivity contribution in [3.63, 3.8) is 0 Å². The second kappa shape index (κ2) is 8.23. The van der Waals surface area contributed by atoms with Crippen molar-refractivity contribution in [3.8, 4) is 0 Å². The minimum absolute atomic E-state index is 0.0807. The number of rotatable bonds is 6. The van der Waals surface area contributed by atoms with Gasteiger partial charge in [0.1, 0.15) is 0 Å². The van der Waals surface area contributed by atoms with Gasteiger partial charge in [0, 0.05) is 38.6 Å². The van der Waals surface area contributed by atoms with Gasteiger partial charge >= 0.3 is 6.03 Å². The largest absolute Gasteiger partial charge is 0.356 e. The molecule has 28 heavy (non-hydrogen) atoms. The minimum Gasteiger partial charge on any atom is -0.356 e. The molecule has 5 aliphatic rings. The van der Waals surface area contributed by atoms with Gasteiger partial charge in [-0.25, -0.2) is 4.79 Å². The predicted molar refractivity (Wildman–Crippen MR) is 111 cm³/mol. The molecule has 0 aromatic rings. The number of piperidine rings is 1. The van der Waals surface area contributed by atoms with E-state index in [0.29, 0.717) is 18.5 Å². The number of nitrogens with zero attached hydrogens (tertiary/aromatic N) is 2. The summed E-state index contributed by atoms with van der Waals surface area (Å²) in [6.07, 6.45) is 11.5. The molecule has 1 aliphatic heterocycles. The maximum Gasteiger partial charge on any atom is 0.319 e. The zero-order valence-electron chi connectivity index (χ0n) is 17.9. The lowest BCUT2D eigenvalue weighted by Gasteiger charge is -2.57. The Morgan fingerprint density at radius 2 is 1.50 bits per heavy atom. The molecule has 4 bridgehead atoms. The molecule has 0 aromatic carbocycles. The number of carbonyl (C=O) groups excluding carboxylic acids is 2. The van der Waals surface area contributed by atoms with Gasteiger partial charge in [0.25, 0.3) is 0 Å². The molecule has 1 saturated heterocycles. The Kier molecular flexibility index (Phi) is 5.89. The van der Waals surface area contributed by atoms with E-state index in [0.717, 1.165) is 50.2 Å². The summed E-state index contributed by atoms with van der Waals surface area (Å²) in [5.41, 5.74) is 0.543. The molecule has 0 spiro atoms. The summed E-state index contributed by atoms with van der Waals surface area (Å²) < 4.78 is 0. The number of amides is 3. The van der Waals surface area contributed by atoms with E-state index < -0.39 is 0 Å². The minimum atomic E-state index is 0.0807. The summed E-state index contributed by atoms with van der Waals surface area (Å²) in [4.78, 5) is 28.9. The van der Waals surface area contributed by atoms with Crippen LogP contribution in [0.15, 0.2) is 0 Å². The topological polar surface area (TPSA) is 52.7 Å². The highest BCUT2D eigenvalue weighted by Gasteiger charge is 2.50. The van der Waals surface area contributed by atoms with Crippen molar-refractivity contribution < 1.29 is 9.59 Å². The molecule has 1 N–H and O–H groups in total. The van der Waals surface area contributed by atoms with Gasteiger partial charge in [0.2, 0.25) is 5.91 Å². The average Bonchev–Trinajstić information content (AvgIpc) is 2.67. The standard InChI is InChI=1S/C23H39N3O2/c1-3-25(4-2)22(28)26-9-5-20(6-10-26)21(27)24-8-7-23-14-17-11-18(15-23)13-19(12-17)16-23/h17-20H,3-16H2,1-2H3,(H,24,27). The fourth-order valence-corrected chi connectivity index (χ4v) is 7.22. The lowest BCUT2D eigenvalue weighted by atomic mass is 9.49. The lowest BCUT2D eigenvalue weighted by molar-refractivity contribution is -0.126. The number of hydrogen-bond acceptors (Lipinski definition) is 2. The number of urea groups is 1. The monoisotopic (exact) mass is 389 g/mol. The third-order valence-corrected chi connectivity index (χ3v) is 8.29. The van der Waals surface area contributed by atoms with Gasteiger partial charge in [0.15, 0.2) is 0 Å². The molecule has 3 amide bonds. The number of likely N-dealkylation sites (tertiary alicyclic amines) is 1. The van der Waals surface area contributed by atoms with E-state index >= 15 is 0 Å². The highest BCUT2D eigenvalue weighted by Crippen LogP contribution is 2.61. The first-order chi connectivity index (χ1) is 13.5. The van der Waals surface area contributed by atoms with Crippen molar-refractivity contribution in [2.45, 2.75) is 71.6 Å². The maximum absolute atomic E-state index is 12.7. The molecular weight excluding hydrogens is 350 g/mol. The van der Waals surface area contributed by atoms with E-state index in [-0.39, 0.29) is 17.9 Å². The first-order valence-corrected chi connectivity index (χ1v) is 11.8. The molecule has 5 fully saturated rings. The summed E-state index contributed by atoms with van der Waals surface area (Å²) in [7, 11) is 0. The Balaban J connectivity index is 1.20. The van der Waals surface area contributed by atoms with E-state index in [1.165, 1.54) is 44.9 Å². The second-order valence-electron chi connectivity index (χ2n) is 10.2. The molecule has 5 heteroatoms. The van der Waals surface area contributed by atoms with E-state index in [1.807, 2.05) is 23.6 Å². The number of nitrogens with one attached hydrogen (secondary N) is 1. The maximum atomic E-state index is 12.7. The van der Waals surface area contributed by atoms with Crippen LogP contribution >= 0.6 is 0 Å². The van der Waals surface area contributed by atoms with Crippen molar-refractivity contribution in [1.82, 2.24) is 15.1 Å². The normalized spacial score (nSPS) is 34.5. The van der Waals surface area contributed by atoms with E-state index in [4.69, 9.17) is 0 Å². The molecule has 0 aromatic heterocycles. The average molecular weight is 390 g/mol. The number of carbonyl (C=O) groups is 2. The van der Waals surface area contributed by atoms with Crippen molar-refractivity contribution in [2.24, 2.45) is 29.1 Å². The van der Waals surface area contributed by atoms with Gasteiger partial charge in [-0.05, 0) is 94.8 Å². The highest BCUT2D eigenvalue weighted by molar-refractivity contribution is 5.79. The molecule has 158 valence electrons. The molecule has 5 rings (SSSR count). The first kappa shape index (κ1) is 20.0. The van der Waals surface area contributed by atoms with Crippen LogP contribution in [0.5, 0.6) is 0 Å². The quantitative estimate of drug-likeness (QED) is 0.749. The summed E-state index contributed by atoms with van der Waals surface area (Å²) in [6, 6.07) is 0.130. The lowest BCUT2D eigenvalue weighted by Crippen LogP contribution is -2.49. The Bertz CT molecular complexity index is 543. The van der Waals surface area contributed by atoms with Crippen LogP contribution in [-0.2, 0) is 4.79 Å². The summed E-state index contributed by atoms with van der Waals surface area (Å²) in [5, 5.41) is 3.26. The van der Waals surface area contributed by atoms with Crippen LogP contribution in [0, 0.1) is 29.1 Å². The molecule has 0 atom stereocenters. The molecule has 4 saturated carbocycles. The van der Waals surface area contributed by atoms with Crippen LogP contribution in [-0.4, -0.2) is 54.5 Å². The molecule has 0 radical (unpaired) electrons. The smallest absolute Gasteiger partial charge is 0.319 e. The second-order valence-corrected chi connectivity index (χ2v) is 10.2. The zero-order valence-corrected chi connectivity index (χ0v) is 17.9. The third kappa shape index (κ3) is 4.04. The van der Waals surface area contributed by atoms with E-state index in [9.17, 15) is 9.59 Å². The van der Waals surface area contributed by atoms with Crippen LogP contribution in [0.25, 0.3) is 0 Å². The summed E-state index contributed by atoms with van der Waals surface area (Å²) >= 11 is 0. The zero-order chi connectivity index (χ0) is 19.7. The molecule has 1 heterocycles. The molecule has 5 nitrogen and oxygen atoms in total. The predicted octanol–water partition coefficient (Wildman–Crippen LogP) is 3.88. The van der Waals surface area contributed by atoms with Crippen LogP contribution < -0.4 is 5.32 Å². The van der Waals surface area contributed by atoms with Gasteiger partial charge in [-0.15, -0.1) is 0 Å². The van der Waals surface area contributed by atoms with Crippen molar-refractivity contribution in [1.29, 1.82) is 0 Å². The van der Waals surface area contributed by atoms with Crippen molar-refractivity contribution in [2.75, 3.05) is 32.7 Å². The molecular formula is C23H39N3O2. The summed E-state index contributed by atoms with van der Waals surface area (Å²) in [5.74, 6) is 3.25. The third-order valence-electron chi connectivity index (χ3n) is 8.29. The van der Waals surface area contributed by atoms with Gasteiger partial charge in [-0.3, -0.25) is 4.79 Å². The van der Waals surface area contributed by atoms with Crippen LogP contribution in [0.2, 0.25) is 0 Å². The molecule has 0 unspecified atom stereocenters. The van der Waals surface area contributed by atoms with Gasteiger partial charge in [-0.1, -0.05) is 0 Å². The Labute approximate surface area is 170 Å². The Morgan fingerprint density at radius 1 is 0.964 bits per heavy atom. The van der Waals surface area contributed by atoms with Gasteiger partial charge in [0.05, 0.1) is 0 Å². The fraction of sp³-hybridized carbons (Fsp3) is 0.913. The Hall–Kier alpha value is -1.26. The summed E-state index contributed by atoms with van der Waals surface area (Å²) in [6.45, 7) is 7.81.